The van der Waals surface area contributed by atoms with Crippen molar-refractivity contribution in [1.82, 2.24) is 24.8 Å². The summed E-state index contributed by atoms with van der Waals surface area (Å²) in [4.78, 5) is 3.93. The van der Waals surface area contributed by atoms with E-state index in [2.05, 4.69) is 20.3 Å². The second-order valence-corrected chi connectivity index (χ2v) is 4.31. The molecule has 3 aromatic rings. The van der Waals surface area contributed by atoms with Crippen LogP contribution in [-0.4, -0.2) is 24.8 Å². The predicted molar refractivity (Wildman–Crippen MR) is 56.9 cm³/mol. The highest BCUT2D eigenvalue weighted by atomic mass is 32.1. The molecule has 0 radical (unpaired) electrons. The monoisotopic (exact) mass is 271 g/mol. The second-order valence-electron chi connectivity index (χ2n) is 3.36. The number of pyridine rings is 1. The number of hydrogen-bond donors (Lipinski definition) is 0. The summed E-state index contributed by atoms with van der Waals surface area (Å²) in [5, 5.41) is 10.0. The van der Waals surface area contributed by atoms with Crippen molar-refractivity contribution in [3.05, 3.63) is 29.5 Å². The predicted octanol–water partition coefficient (Wildman–Crippen LogP) is 2.27. The third-order valence-electron chi connectivity index (χ3n) is 2.17. The normalized spacial score (nSPS) is 12.2. The van der Waals surface area contributed by atoms with E-state index in [0.717, 1.165) is 4.52 Å². The first-order valence-electron chi connectivity index (χ1n) is 4.75. The van der Waals surface area contributed by atoms with Gasteiger partial charge in [-0.15, -0.1) is 15.3 Å². The van der Waals surface area contributed by atoms with E-state index in [9.17, 15) is 13.2 Å². The Balaban J connectivity index is 2.18. The van der Waals surface area contributed by atoms with Gasteiger partial charge < -0.3 is 0 Å². The molecule has 0 atom stereocenters. The van der Waals surface area contributed by atoms with Crippen LogP contribution in [-0.2, 0) is 6.18 Å². The maximum Gasteiger partial charge on any atom is 0.445 e. The van der Waals surface area contributed by atoms with E-state index < -0.39 is 11.2 Å². The Morgan fingerprint density at radius 2 is 1.83 bits per heavy atom. The molecule has 3 aromatic heterocycles. The van der Waals surface area contributed by atoms with Gasteiger partial charge in [-0.1, -0.05) is 11.3 Å². The lowest BCUT2D eigenvalue weighted by atomic mass is 10.2. The van der Waals surface area contributed by atoms with Crippen LogP contribution in [0.4, 0.5) is 13.2 Å². The molecule has 5 nitrogen and oxygen atoms in total. The molecule has 3 heterocycles. The smallest absolute Gasteiger partial charge is 0.265 e. The molecule has 3 rings (SSSR count). The molecule has 0 aliphatic rings. The highest BCUT2D eigenvalue weighted by Crippen LogP contribution is 2.33. The van der Waals surface area contributed by atoms with Crippen molar-refractivity contribution in [1.29, 1.82) is 0 Å². The molecular weight excluding hydrogens is 267 g/mol. The summed E-state index contributed by atoms with van der Waals surface area (Å²) >= 11 is 0.457. The largest absolute Gasteiger partial charge is 0.445 e. The number of aromatic nitrogens is 5. The molecule has 0 aliphatic carbocycles. The number of alkyl halides is 3. The molecule has 0 bridgehead atoms. The number of fused-ring (bicyclic) bond motifs is 1. The molecule has 0 fully saturated rings. The van der Waals surface area contributed by atoms with Gasteiger partial charge in [-0.25, -0.2) is 0 Å². The summed E-state index contributed by atoms with van der Waals surface area (Å²) < 4.78 is 38.6. The summed E-state index contributed by atoms with van der Waals surface area (Å²) in [6.07, 6.45) is -1.43. The summed E-state index contributed by atoms with van der Waals surface area (Å²) in [7, 11) is 0. The minimum atomic E-state index is -4.47. The highest BCUT2D eigenvalue weighted by Gasteiger charge is 2.36. The van der Waals surface area contributed by atoms with Crippen LogP contribution in [0, 0.1) is 0 Å². The zero-order valence-corrected chi connectivity index (χ0v) is 9.40. The minimum Gasteiger partial charge on any atom is -0.265 e. The molecular formula is C9H4F3N5S. The molecule has 0 unspecified atom stereocenters. The van der Waals surface area contributed by atoms with Crippen LogP contribution in [0.15, 0.2) is 24.5 Å². The highest BCUT2D eigenvalue weighted by molar-refractivity contribution is 7.16. The van der Waals surface area contributed by atoms with Gasteiger partial charge in [-0.2, -0.15) is 17.7 Å². The van der Waals surface area contributed by atoms with E-state index in [0.29, 0.717) is 16.9 Å². The van der Waals surface area contributed by atoms with Gasteiger partial charge in [0.1, 0.15) is 0 Å². The van der Waals surface area contributed by atoms with Crippen molar-refractivity contribution in [2.45, 2.75) is 6.18 Å². The van der Waals surface area contributed by atoms with Crippen molar-refractivity contribution in [2.24, 2.45) is 0 Å². The maximum absolute atomic E-state index is 12.5. The fourth-order valence-electron chi connectivity index (χ4n) is 1.41. The Morgan fingerprint density at radius 3 is 2.50 bits per heavy atom. The van der Waals surface area contributed by atoms with Crippen LogP contribution < -0.4 is 0 Å². The maximum atomic E-state index is 12.5. The number of halogens is 3. The van der Waals surface area contributed by atoms with Crippen molar-refractivity contribution in [3.8, 4) is 11.4 Å². The van der Waals surface area contributed by atoms with Crippen molar-refractivity contribution >= 4 is 16.3 Å². The van der Waals surface area contributed by atoms with Gasteiger partial charge in [-0.3, -0.25) is 4.98 Å². The zero-order valence-electron chi connectivity index (χ0n) is 8.59. The Kier molecular flexibility index (Phi) is 2.30. The molecule has 0 saturated heterocycles. The molecule has 0 amide bonds. The second kappa shape index (κ2) is 3.73. The lowest BCUT2D eigenvalue weighted by Gasteiger charge is -1.98. The summed E-state index contributed by atoms with van der Waals surface area (Å²) in [5.74, 6) is 0.263. The fraction of sp³-hybridized carbons (Fsp3) is 0.111. The van der Waals surface area contributed by atoms with E-state index in [1.807, 2.05) is 0 Å². The van der Waals surface area contributed by atoms with Gasteiger partial charge in [-0.05, 0) is 12.1 Å². The van der Waals surface area contributed by atoms with Gasteiger partial charge in [0.15, 0.2) is 5.82 Å². The minimum absolute atomic E-state index is 0.106. The molecule has 0 N–H and O–H groups in total. The Labute approximate surface area is 102 Å². The van der Waals surface area contributed by atoms with Crippen LogP contribution in [0.1, 0.15) is 5.01 Å². The first kappa shape index (κ1) is 11.1. The van der Waals surface area contributed by atoms with Crippen molar-refractivity contribution in [2.75, 3.05) is 0 Å². The quantitative estimate of drug-likeness (QED) is 0.681. The Hall–Kier alpha value is -2.03. The lowest BCUT2D eigenvalue weighted by molar-refractivity contribution is -0.138. The lowest BCUT2D eigenvalue weighted by Crippen LogP contribution is -2.05. The van der Waals surface area contributed by atoms with Gasteiger partial charge >= 0.3 is 6.18 Å². The third-order valence-corrected chi connectivity index (χ3v) is 3.12. The standard InChI is InChI=1S/C9H4F3N5S/c10-9(11,12)7-16-17-6(14-15-8(17)18-7)5-1-3-13-4-2-5/h1-4H. The Morgan fingerprint density at radius 1 is 1.11 bits per heavy atom. The third kappa shape index (κ3) is 1.72. The van der Waals surface area contributed by atoms with Crippen LogP contribution in [0.5, 0.6) is 0 Å². The van der Waals surface area contributed by atoms with E-state index in [-0.39, 0.29) is 10.8 Å². The topological polar surface area (TPSA) is 56.0 Å². The molecule has 9 heteroatoms. The summed E-state index contributed by atoms with van der Waals surface area (Å²) in [6, 6.07) is 3.26. The number of nitrogens with zero attached hydrogens (tertiary/aromatic N) is 5. The van der Waals surface area contributed by atoms with Crippen LogP contribution in [0.25, 0.3) is 16.3 Å². The van der Waals surface area contributed by atoms with Crippen LogP contribution in [0.3, 0.4) is 0 Å². The van der Waals surface area contributed by atoms with E-state index in [4.69, 9.17) is 0 Å². The van der Waals surface area contributed by atoms with Gasteiger partial charge in [0, 0.05) is 18.0 Å². The van der Waals surface area contributed by atoms with E-state index >= 15 is 0 Å². The van der Waals surface area contributed by atoms with Crippen molar-refractivity contribution in [3.63, 3.8) is 0 Å². The first-order chi connectivity index (χ1) is 8.55. The van der Waals surface area contributed by atoms with E-state index in [1.165, 1.54) is 12.4 Å². The number of rotatable bonds is 1. The van der Waals surface area contributed by atoms with Crippen LogP contribution >= 0.6 is 11.3 Å². The first-order valence-corrected chi connectivity index (χ1v) is 5.57. The molecule has 0 saturated carbocycles. The van der Waals surface area contributed by atoms with E-state index in [1.54, 1.807) is 12.1 Å². The summed E-state index contributed by atoms with van der Waals surface area (Å²) in [5.41, 5.74) is 0.608. The molecule has 18 heavy (non-hydrogen) atoms. The van der Waals surface area contributed by atoms with Gasteiger partial charge in [0.05, 0.1) is 0 Å². The number of hydrogen-bond acceptors (Lipinski definition) is 5. The molecule has 0 spiro atoms. The Bertz CT molecular complexity index is 687. The SMILES string of the molecule is FC(F)(F)c1nn2c(-c3ccncc3)nnc2s1. The zero-order chi connectivity index (χ0) is 12.8. The average Bonchev–Trinajstić information content (AvgIpc) is 2.88. The molecule has 92 valence electrons. The molecule has 0 aromatic carbocycles. The molecule has 0 aliphatic heterocycles. The van der Waals surface area contributed by atoms with Crippen molar-refractivity contribution < 1.29 is 13.2 Å². The van der Waals surface area contributed by atoms with Gasteiger partial charge in [0.25, 0.3) is 0 Å². The van der Waals surface area contributed by atoms with Gasteiger partial charge in [0.2, 0.25) is 9.97 Å². The fourth-order valence-corrected chi connectivity index (χ4v) is 2.12. The summed E-state index contributed by atoms with van der Waals surface area (Å²) in [6.45, 7) is 0. The van der Waals surface area contributed by atoms with Crippen LogP contribution in [0.2, 0.25) is 0 Å². The average molecular weight is 271 g/mol.